The fraction of sp³-hybridized carbons (Fsp3) is 0.375. The first-order valence-electron chi connectivity index (χ1n) is 3.68. The Hall–Kier alpha value is -1.09. The molecule has 0 amide bonds. The number of rotatable bonds is 2. The Balaban J connectivity index is 2.80. The van der Waals surface area contributed by atoms with Crippen LogP contribution in [0.1, 0.15) is 23.7 Å². The van der Waals surface area contributed by atoms with Crippen molar-refractivity contribution >= 4 is 5.91 Å². The summed E-state index contributed by atoms with van der Waals surface area (Å²) in [5.41, 5.74) is 6.37. The number of carbonyl (C=O) groups excluding carboxylic acids is 1. The van der Waals surface area contributed by atoms with Gasteiger partial charge in [-0.2, -0.15) is 0 Å². The molecule has 0 aliphatic rings. The van der Waals surface area contributed by atoms with Gasteiger partial charge in [0.15, 0.2) is 0 Å². The first-order valence-corrected chi connectivity index (χ1v) is 3.68. The van der Waals surface area contributed by atoms with Crippen molar-refractivity contribution in [3.63, 3.8) is 0 Å². The molecule has 1 heterocycles. The lowest BCUT2D eigenvalue weighted by Gasteiger charge is -1.95. The summed E-state index contributed by atoms with van der Waals surface area (Å²) in [6, 6.07) is 1.85. The molecular formula is C8H12N2O. The molecule has 0 spiro atoms. The van der Waals surface area contributed by atoms with Crippen LogP contribution >= 0.6 is 0 Å². The van der Waals surface area contributed by atoms with Crippen LogP contribution in [0, 0.1) is 0 Å². The van der Waals surface area contributed by atoms with Gasteiger partial charge in [0, 0.05) is 25.4 Å². The zero-order valence-corrected chi connectivity index (χ0v) is 6.58. The first-order chi connectivity index (χ1) is 5.27. The molecule has 0 saturated heterocycles. The van der Waals surface area contributed by atoms with Crippen LogP contribution in [0.5, 0.6) is 0 Å². The molecule has 0 unspecified atom stereocenters. The molecule has 60 valence electrons. The van der Waals surface area contributed by atoms with Crippen molar-refractivity contribution in [2.45, 2.75) is 19.9 Å². The molecule has 0 radical (unpaired) electrons. The van der Waals surface area contributed by atoms with E-state index in [1.54, 1.807) is 17.0 Å². The van der Waals surface area contributed by atoms with Crippen LogP contribution in [0.4, 0.5) is 0 Å². The highest BCUT2D eigenvalue weighted by Gasteiger charge is 2.00. The molecule has 3 nitrogen and oxygen atoms in total. The van der Waals surface area contributed by atoms with Crippen LogP contribution in [0.2, 0.25) is 0 Å². The quantitative estimate of drug-likeness (QED) is 0.687. The van der Waals surface area contributed by atoms with E-state index in [9.17, 15) is 4.79 Å². The average Bonchev–Trinajstić information content (AvgIpc) is 2.50. The molecule has 1 aromatic rings. The fourth-order valence-electron chi connectivity index (χ4n) is 0.899. The summed E-state index contributed by atoms with van der Waals surface area (Å²) >= 11 is 0. The smallest absolute Gasteiger partial charge is 0.230 e. The lowest BCUT2D eigenvalue weighted by Crippen LogP contribution is -2.05. The number of nitrogens with zero attached hydrogens (tertiary/aromatic N) is 1. The Bertz CT molecular complexity index is 252. The molecular weight excluding hydrogens is 140 g/mol. The van der Waals surface area contributed by atoms with Gasteiger partial charge in [0.25, 0.3) is 0 Å². The van der Waals surface area contributed by atoms with Gasteiger partial charge in [-0.25, -0.2) is 0 Å². The molecule has 11 heavy (non-hydrogen) atoms. The van der Waals surface area contributed by atoms with Gasteiger partial charge in [-0.1, -0.05) is 6.92 Å². The molecule has 3 heteroatoms. The van der Waals surface area contributed by atoms with Crippen LogP contribution in [0.25, 0.3) is 0 Å². The van der Waals surface area contributed by atoms with Gasteiger partial charge >= 0.3 is 0 Å². The molecule has 2 N–H and O–H groups in total. The lowest BCUT2D eigenvalue weighted by atomic mass is 10.3. The van der Waals surface area contributed by atoms with Crippen molar-refractivity contribution in [3.8, 4) is 0 Å². The van der Waals surface area contributed by atoms with E-state index in [2.05, 4.69) is 0 Å². The van der Waals surface area contributed by atoms with E-state index in [4.69, 9.17) is 5.73 Å². The highest BCUT2D eigenvalue weighted by atomic mass is 16.1. The molecule has 1 aromatic heterocycles. The Morgan fingerprint density at radius 3 is 2.91 bits per heavy atom. The third-order valence-electron chi connectivity index (χ3n) is 1.58. The summed E-state index contributed by atoms with van der Waals surface area (Å²) in [5.74, 6) is 0.102. The average molecular weight is 152 g/mol. The Kier molecular flexibility index (Phi) is 2.44. The summed E-state index contributed by atoms with van der Waals surface area (Å²) < 4.78 is 1.57. The fourth-order valence-corrected chi connectivity index (χ4v) is 0.899. The SMILES string of the molecule is CCC(=O)n1ccc(CN)c1. The zero-order chi connectivity index (χ0) is 8.27. The number of hydrogen-bond acceptors (Lipinski definition) is 2. The van der Waals surface area contributed by atoms with Crippen LogP contribution in [0.15, 0.2) is 18.5 Å². The van der Waals surface area contributed by atoms with Crippen molar-refractivity contribution < 1.29 is 4.79 Å². The van der Waals surface area contributed by atoms with E-state index < -0.39 is 0 Å². The van der Waals surface area contributed by atoms with Crippen LogP contribution in [-0.4, -0.2) is 10.5 Å². The maximum atomic E-state index is 11.1. The number of carbonyl (C=O) groups is 1. The Morgan fingerprint density at radius 1 is 1.73 bits per heavy atom. The minimum absolute atomic E-state index is 0.102. The summed E-state index contributed by atoms with van der Waals surface area (Å²) in [5, 5.41) is 0. The topological polar surface area (TPSA) is 48.0 Å². The second kappa shape index (κ2) is 3.34. The highest BCUT2D eigenvalue weighted by Crippen LogP contribution is 2.00. The van der Waals surface area contributed by atoms with Gasteiger partial charge in [-0.05, 0) is 11.6 Å². The van der Waals surface area contributed by atoms with Crippen LogP contribution in [-0.2, 0) is 6.54 Å². The van der Waals surface area contributed by atoms with Crippen LogP contribution in [0.3, 0.4) is 0 Å². The summed E-state index contributed by atoms with van der Waals surface area (Å²) in [4.78, 5) is 11.1. The van der Waals surface area contributed by atoms with Crippen molar-refractivity contribution in [3.05, 3.63) is 24.0 Å². The van der Waals surface area contributed by atoms with Gasteiger partial charge in [-0.15, -0.1) is 0 Å². The molecule has 0 atom stereocenters. The highest BCUT2D eigenvalue weighted by molar-refractivity contribution is 5.78. The van der Waals surface area contributed by atoms with Gasteiger partial charge < -0.3 is 5.73 Å². The second-order valence-electron chi connectivity index (χ2n) is 2.38. The van der Waals surface area contributed by atoms with Gasteiger partial charge in [-0.3, -0.25) is 9.36 Å². The summed E-state index contributed by atoms with van der Waals surface area (Å²) in [6.07, 6.45) is 4.04. The Morgan fingerprint density at radius 2 is 2.45 bits per heavy atom. The third kappa shape index (κ3) is 1.68. The molecule has 0 aromatic carbocycles. The van der Waals surface area contributed by atoms with Gasteiger partial charge in [0.05, 0.1) is 0 Å². The minimum atomic E-state index is 0.102. The molecule has 0 fully saturated rings. The van der Waals surface area contributed by atoms with E-state index in [-0.39, 0.29) is 5.91 Å². The van der Waals surface area contributed by atoms with Crippen molar-refractivity contribution in [1.82, 2.24) is 4.57 Å². The summed E-state index contributed by atoms with van der Waals surface area (Å²) in [7, 11) is 0. The largest absolute Gasteiger partial charge is 0.326 e. The minimum Gasteiger partial charge on any atom is -0.326 e. The number of aromatic nitrogens is 1. The van der Waals surface area contributed by atoms with Crippen LogP contribution < -0.4 is 5.73 Å². The predicted octanol–water partition coefficient (Wildman–Crippen LogP) is 0.997. The Labute approximate surface area is 65.8 Å². The zero-order valence-electron chi connectivity index (χ0n) is 6.58. The van der Waals surface area contributed by atoms with Gasteiger partial charge in [0.2, 0.25) is 5.91 Å². The molecule has 0 aliphatic carbocycles. The van der Waals surface area contributed by atoms with Gasteiger partial charge in [0.1, 0.15) is 0 Å². The lowest BCUT2D eigenvalue weighted by molar-refractivity contribution is 0.0909. The maximum absolute atomic E-state index is 11.1. The van der Waals surface area contributed by atoms with E-state index in [0.717, 1.165) is 5.56 Å². The van der Waals surface area contributed by atoms with Crippen molar-refractivity contribution in [1.29, 1.82) is 0 Å². The van der Waals surface area contributed by atoms with E-state index in [1.807, 2.05) is 13.0 Å². The van der Waals surface area contributed by atoms with Crippen molar-refractivity contribution in [2.24, 2.45) is 5.73 Å². The predicted molar refractivity (Wildman–Crippen MR) is 43.2 cm³/mol. The molecule has 0 saturated carbocycles. The molecule has 0 aliphatic heterocycles. The maximum Gasteiger partial charge on any atom is 0.230 e. The molecule has 1 rings (SSSR count). The van der Waals surface area contributed by atoms with E-state index >= 15 is 0 Å². The summed E-state index contributed by atoms with van der Waals surface area (Å²) in [6.45, 7) is 2.33. The first kappa shape index (κ1) is 8.01. The van der Waals surface area contributed by atoms with E-state index in [1.165, 1.54) is 0 Å². The number of nitrogens with two attached hydrogens (primary N) is 1. The standard InChI is InChI=1S/C8H12N2O/c1-2-8(11)10-4-3-7(5-9)6-10/h3-4,6H,2,5,9H2,1H3. The van der Waals surface area contributed by atoms with E-state index in [0.29, 0.717) is 13.0 Å². The third-order valence-corrected chi connectivity index (χ3v) is 1.58. The normalized spacial score (nSPS) is 10.0. The monoisotopic (exact) mass is 152 g/mol. The molecule has 0 bridgehead atoms. The second-order valence-corrected chi connectivity index (χ2v) is 2.38. The number of hydrogen-bond donors (Lipinski definition) is 1. The van der Waals surface area contributed by atoms with Crippen molar-refractivity contribution in [2.75, 3.05) is 0 Å².